The normalized spacial score (nSPS) is 36.3. The SMILES string of the molecule is CC[C@@H]1CN(C)C[C@H](C)N1. The third-order valence-corrected chi connectivity index (χ3v) is 2.13. The number of nitrogens with one attached hydrogen (secondary N) is 1. The van der Waals surface area contributed by atoms with Gasteiger partial charge in [-0.2, -0.15) is 0 Å². The molecule has 1 rings (SSSR count). The summed E-state index contributed by atoms with van der Waals surface area (Å²) in [6, 6.07) is 1.39. The molecule has 0 aromatic rings. The number of likely N-dealkylation sites (N-methyl/N-ethyl adjacent to an activating group) is 1. The number of piperazine rings is 1. The highest BCUT2D eigenvalue weighted by Gasteiger charge is 2.18. The van der Waals surface area contributed by atoms with Crippen molar-refractivity contribution in [3.63, 3.8) is 0 Å². The molecule has 0 aliphatic carbocycles. The fourth-order valence-electron chi connectivity index (χ4n) is 1.67. The van der Waals surface area contributed by atoms with E-state index in [1.165, 1.54) is 19.5 Å². The fraction of sp³-hybridized carbons (Fsp3) is 1.00. The lowest BCUT2D eigenvalue weighted by Gasteiger charge is -2.34. The van der Waals surface area contributed by atoms with Gasteiger partial charge in [0.2, 0.25) is 0 Å². The van der Waals surface area contributed by atoms with Crippen LogP contribution in [0.25, 0.3) is 0 Å². The standard InChI is InChI=1S/C8H18N2/c1-4-8-6-10(3)5-7(2)9-8/h7-9H,4-6H2,1-3H3/t7-,8+/m0/s1. The molecule has 0 radical (unpaired) electrons. The van der Waals surface area contributed by atoms with Crippen LogP contribution in [-0.2, 0) is 0 Å². The molecule has 0 bridgehead atoms. The van der Waals surface area contributed by atoms with Crippen LogP contribution in [0.4, 0.5) is 0 Å². The van der Waals surface area contributed by atoms with Gasteiger partial charge in [-0.25, -0.2) is 0 Å². The molecule has 0 unspecified atom stereocenters. The van der Waals surface area contributed by atoms with E-state index in [0.717, 1.165) is 0 Å². The molecule has 1 N–H and O–H groups in total. The minimum atomic E-state index is 0.670. The Balaban J connectivity index is 2.35. The van der Waals surface area contributed by atoms with E-state index in [9.17, 15) is 0 Å². The van der Waals surface area contributed by atoms with E-state index in [-0.39, 0.29) is 0 Å². The summed E-state index contributed by atoms with van der Waals surface area (Å²) in [5.41, 5.74) is 0. The first-order valence-corrected chi connectivity index (χ1v) is 4.17. The molecule has 2 nitrogen and oxygen atoms in total. The van der Waals surface area contributed by atoms with Crippen LogP contribution in [0.3, 0.4) is 0 Å². The molecule has 2 atom stereocenters. The summed E-state index contributed by atoms with van der Waals surface area (Å²) in [6.45, 7) is 6.89. The molecule has 2 heteroatoms. The predicted molar refractivity (Wildman–Crippen MR) is 44.2 cm³/mol. The Morgan fingerprint density at radius 1 is 1.50 bits per heavy atom. The van der Waals surface area contributed by atoms with Gasteiger partial charge in [0.15, 0.2) is 0 Å². The molecular formula is C8H18N2. The average molecular weight is 142 g/mol. The topological polar surface area (TPSA) is 15.3 Å². The number of nitrogens with zero attached hydrogens (tertiary/aromatic N) is 1. The second-order valence-electron chi connectivity index (χ2n) is 3.39. The molecule has 1 aliphatic rings. The number of rotatable bonds is 1. The fourth-order valence-corrected chi connectivity index (χ4v) is 1.67. The zero-order chi connectivity index (χ0) is 7.56. The van der Waals surface area contributed by atoms with Gasteiger partial charge in [0.1, 0.15) is 0 Å². The molecule has 1 heterocycles. The van der Waals surface area contributed by atoms with Gasteiger partial charge in [0, 0.05) is 25.2 Å². The van der Waals surface area contributed by atoms with Crippen LogP contribution in [0, 0.1) is 0 Å². The lowest BCUT2D eigenvalue weighted by atomic mass is 10.1. The largest absolute Gasteiger partial charge is 0.309 e. The van der Waals surface area contributed by atoms with Crippen LogP contribution in [0.15, 0.2) is 0 Å². The summed E-state index contributed by atoms with van der Waals surface area (Å²) in [5, 5.41) is 3.55. The zero-order valence-corrected chi connectivity index (χ0v) is 7.22. The maximum atomic E-state index is 3.55. The summed E-state index contributed by atoms with van der Waals surface area (Å²) in [4.78, 5) is 2.40. The molecule has 0 aromatic heterocycles. The van der Waals surface area contributed by atoms with Gasteiger partial charge in [0.05, 0.1) is 0 Å². The Hall–Kier alpha value is -0.0800. The van der Waals surface area contributed by atoms with Gasteiger partial charge in [-0.1, -0.05) is 6.92 Å². The summed E-state index contributed by atoms with van der Waals surface area (Å²) < 4.78 is 0. The number of hydrogen-bond donors (Lipinski definition) is 1. The highest BCUT2D eigenvalue weighted by molar-refractivity contribution is 4.80. The molecule has 60 valence electrons. The highest BCUT2D eigenvalue weighted by Crippen LogP contribution is 2.03. The second-order valence-corrected chi connectivity index (χ2v) is 3.39. The van der Waals surface area contributed by atoms with E-state index in [0.29, 0.717) is 12.1 Å². The summed E-state index contributed by atoms with van der Waals surface area (Å²) in [5.74, 6) is 0. The first-order chi connectivity index (χ1) is 4.72. The minimum absolute atomic E-state index is 0.670. The second kappa shape index (κ2) is 3.35. The first-order valence-electron chi connectivity index (χ1n) is 4.17. The van der Waals surface area contributed by atoms with Crippen LogP contribution in [0.1, 0.15) is 20.3 Å². The van der Waals surface area contributed by atoms with Crippen molar-refractivity contribution in [3.8, 4) is 0 Å². The van der Waals surface area contributed by atoms with Crippen molar-refractivity contribution in [2.75, 3.05) is 20.1 Å². The lowest BCUT2D eigenvalue weighted by molar-refractivity contribution is 0.196. The van der Waals surface area contributed by atoms with Crippen LogP contribution < -0.4 is 5.32 Å². The predicted octanol–water partition coefficient (Wildman–Crippen LogP) is 0.689. The maximum absolute atomic E-state index is 3.55. The van der Waals surface area contributed by atoms with Crippen molar-refractivity contribution in [1.29, 1.82) is 0 Å². The van der Waals surface area contributed by atoms with E-state index < -0.39 is 0 Å². The summed E-state index contributed by atoms with van der Waals surface area (Å²) in [6.07, 6.45) is 1.24. The van der Waals surface area contributed by atoms with E-state index in [4.69, 9.17) is 0 Å². The molecule has 1 aliphatic heterocycles. The minimum Gasteiger partial charge on any atom is -0.309 e. The third-order valence-electron chi connectivity index (χ3n) is 2.13. The van der Waals surface area contributed by atoms with Gasteiger partial charge < -0.3 is 10.2 Å². The first kappa shape index (κ1) is 8.02. The average Bonchev–Trinajstić information content (AvgIpc) is 1.85. The van der Waals surface area contributed by atoms with Crippen molar-refractivity contribution < 1.29 is 0 Å². The van der Waals surface area contributed by atoms with Crippen molar-refractivity contribution >= 4 is 0 Å². The van der Waals surface area contributed by atoms with Gasteiger partial charge >= 0.3 is 0 Å². The monoisotopic (exact) mass is 142 g/mol. The quantitative estimate of drug-likeness (QED) is 0.579. The molecule has 0 aromatic carbocycles. The maximum Gasteiger partial charge on any atom is 0.0195 e. The van der Waals surface area contributed by atoms with Gasteiger partial charge in [-0.3, -0.25) is 0 Å². The Labute approximate surface area is 63.6 Å². The van der Waals surface area contributed by atoms with E-state index in [2.05, 4.69) is 31.1 Å². The van der Waals surface area contributed by atoms with Crippen molar-refractivity contribution in [1.82, 2.24) is 10.2 Å². The highest BCUT2D eigenvalue weighted by atomic mass is 15.2. The van der Waals surface area contributed by atoms with E-state index in [1.807, 2.05) is 0 Å². The molecule has 10 heavy (non-hydrogen) atoms. The number of hydrogen-bond acceptors (Lipinski definition) is 2. The van der Waals surface area contributed by atoms with Gasteiger partial charge in [0.25, 0.3) is 0 Å². The molecular weight excluding hydrogens is 124 g/mol. The molecule has 1 saturated heterocycles. The molecule has 0 saturated carbocycles. The zero-order valence-electron chi connectivity index (χ0n) is 7.22. The Morgan fingerprint density at radius 3 is 2.70 bits per heavy atom. The van der Waals surface area contributed by atoms with Crippen LogP contribution in [0.2, 0.25) is 0 Å². The third kappa shape index (κ3) is 1.96. The van der Waals surface area contributed by atoms with Crippen LogP contribution in [-0.4, -0.2) is 37.1 Å². The van der Waals surface area contributed by atoms with E-state index >= 15 is 0 Å². The summed E-state index contributed by atoms with van der Waals surface area (Å²) in [7, 11) is 2.19. The molecule has 0 amide bonds. The smallest absolute Gasteiger partial charge is 0.0195 e. The summed E-state index contributed by atoms with van der Waals surface area (Å²) >= 11 is 0. The van der Waals surface area contributed by atoms with Crippen LogP contribution >= 0.6 is 0 Å². The lowest BCUT2D eigenvalue weighted by Crippen LogP contribution is -2.53. The molecule has 1 fully saturated rings. The van der Waals surface area contributed by atoms with Gasteiger partial charge in [-0.15, -0.1) is 0 Å². The van der Waals surface area contributed by atoms with Crippen molar-refractivity contribution in [3.05, 3.63) is 0 Å². The van der Waals surface area contributed by atoms with Crippen molar-refractivity contribution in [2.45, 2.75) is 32.4 Å². The Kier molecular flexibility index (Phi) is 2.69. The van der Waals surface area contributed by atoms with Crippen molar-refractivity contribution in [2.24, 2.45) is 0 Å². The van der Waals surface area contributed by atoms with Crippen LogP contribution in [0.5, 0.6) is 0 Å². The molecule has 0 spiro atoms. The van der Waals surface area contributed by atoms with E-state index in [1.54, 1.807) is 0 Å². The Bertz CT molecular complexity index is 93.4. The van der Waals surface area contributed by atoms with Gasteiger partial charge in [-0.05, 0) is 20.4 Å². The Morgan fingerprint density at radius 2 is 2.20 bits per heavy atom.